The van der Waals surface area contributed by atoms with Crippen molar-refractivity contribution in [2.45, 2.75) is 13.3 Å². The highest BCUT2D eigenvalue weighted by atomic mass is 16.5. The van der Waals surface area contributed by atoms with E-state index in [1.54, 1.807) is 25.8 Å². The van der Waals surface area contributed by atoms with Crippen molar-refractivity contribution in [1.82, 2.24) is 19.9 Å². The lowest BCUT2D eigenvalue weighted by molar-refractivity contribution is 0.122. The van der Waals surface area contributed by atoms with Crippen LogP contribution in [-0.2, 0) is 11.2 Å². The number of morpholine rings is 1. The normalized spacial score (nSPS) is 14.0. The average molecular weight is 428 g/mol. The Morgan fingerprint density at radius 1 is 0.969 bits per heavy atom. The van der Waals surface area contributed by atoms with Gasteiger partial charge >= 0.3 is 0 Å². The molecule has 4 aromatic rings. The predicted octanol–water partition coefficient (Wildman–Crippen LogP) is 3.83. The highest BCUT2D eigenvalue weighted by molar-refractivity contribution is 5.94. The van der Waals surface area contributed by atoms with Crippen LogP contribution in [0.4, 0.5) is 5.69 Å². The van der Waals surface area contributed by atoms with Gasteiger partial charge in [-0.3, -0.25) is 4.98 Å². The summed E-state index contributed by atoms with van der Waals surface area (Å²) in [5.74, 6) is 0.556. The van der Waals surface area contributed by atoms with Crippen LogP contribution in [0.25, 0.3) is 22.2 Å². The van der Waals surface area contributed by atoms with E-state index < -0.39 is 0 Å². The highest BCUT2D eigenvalue weighted by Crippen LogP contribution is 2.30. The van der Waals surface area contributed by atoms with Gasteiger partial charge in [0.1, 0.15) is 12.0 Å². The predicted molar refractivity (Wildman–Crippen MR) is 124 cm³/mol. The van der Waals surface area contributed by atoms with E-state index in [1.165, 1.54) is 11.3 Å². The maximum atomic E-state index is 5.48. The van der Waals surface area contributed by atoms with Crippen LogP contribution in [0.3, 0.4) is 0 Å². The molecule has 1 fully saturated rings. The molecule has 0 aliphatic carbocycles. The van der Waals surface area contributed by atoms with Gasteiger partial charge in [0, 0.05) is 48.5 Å². The summed E-state index contributed by atoms with van der Waals surface area (Å²) in [6.07, 6.45) is 5.62. The number of anilines is 1. The van der Waals surface area contributed by atoms with Crippen molar-refractivity contribution < 1.29 is 9.47 Å². The van der Waals surface area contributed by atoms with Crippen molar-refractivity contribution in [2.75, 3.05) is 38.3 Å². The molecule has 1 aliphatic rings. The van der Waals surface area contributed by atoms with Gasteiger partial charge in [0.15, 0.2) is 0 Å². The van der Waals surface area contributed by atoms with Crippen molar-refractivity contribution in [3.63, 3.8) is 0 Å². The van der Waals surface area contributed by atoms with Gasteiger partial charge in [-0.15, -0.1) is 0 Å². The number of methoxy groups -OCH3 is 1. The summed E-state index contributed by atoms with van der Waals surface area (Å²) in [6.45, 7) is 5.42. The van der Waals surface area contributed by atoms with Gasteiger partial charge < -0.3 is 14.4 Å². The van der Waals surface area contributed by atoms with Crippen LogP contribution >= 0.6 is 0 Å². The van der Waals surface area contributed by atoms with E-state index in [2.05, 4.69) is 68.2 Å². The lowest BCUT2D eigenvalue weighted by Crippen LogP contribution is -2.36. The number of benzene rings is 2. The van der Waals surface area contributed by atoms with E-state index in [0.717, 1.165) is 59.7 Å². The summed E-state index contributed by atoms with van der Waals surface area (Å²) in [4.78, 5) is 20.3. The molecule has 0 bridgehead atoms. The molecular formula is C25H25N5O2. The molecule has 3 heterocycles. The number of aromatic nitrogens is 4. The molecule has 162 valence electrons. The Morgan fingerprint density at radius 3 is 2.66 bits per heavy atom. The summed E-state index contributed by atoms with van der Waals surface area (Å²) >= 11 is 0. The van der Waals surface area contributed by atoms with Crippen molar-refractivity contribution in [3.05, 3.63) is 71.9 Å². The van der Waals surface area contributed by atoms with Crippen LogP contribution in [0.5, 0.6) is 5.88 Å². The van der Waals surface area contributed by atoms with Gasteiger partial charge in [-0.25, -0.2) is 15.0 Å². The van der Waals surface area contributed by atoms with Crippen molar-refractivity contribution in [3.8, 4) is 17.1 Å². The number of fused-ring (bicyclic) bond motifs is 1. The van der Waals surface area contributed by atoms with E-state index >= 15 is 0 Å². The number of hydrogen-bond donors (Lipinski definition) is 0. The first-order valence-electron chi connectivity index (χ1n) is 10.7. The van der Waals surface area contributed by atoms with Gasteiger partial charge in [-0.2, -0.15) is 0 Å². The van der Waals surface area contributed by atoms with E-state index in [4.69, 9.17) is 9.47 Å². The zero-order valence-electron chi connectivity index (χ0n) is 18.3. The van der Waals surface area contributed by atoms with Crippen LogP contribution in [0, 0.1) is 6.92 Å². The first-order valence-corrected chi connectivity index (χ1v) is 10.7. The fourth-order valence-electron chi connectivity index (χ4n) is 4.13. The smallest absolute Gasteiger partial charge is 0.235 e. The second-order valence-corrected chi connectivity index (χ2v) is 7.85. The van der Waals surface area contributed by atoms with E-state index in [1.807, 2.05) is 0 Å². The van der Waals surface area contributed by atoms with Gasteiger partial charge in [0.2, 0.25) is 5.88 Å². The van der Waals surface area contributed by atoms with E-state index in [9.17, 15) is 0 Å². The lowest BCUT2D eigenvalue weighted by Gasteiger charge is -2.29. The number of ether oxygens (including phenoxy) is 2. The summed E-state index contributed by atoms with van der Waals surface area (Å²) < 4.78 is 10.9. The zero-order chi connectivity index (χ0) is 21.9. The maximum absolute atomic E-state index is 5.48. The molecule has 5 rings (SSSR count). The van der Waals surface area contributed by atoms with E-state index in [-0.39, 0.29) is 0 Å². The van der Waals surface area contributed by atoms with Crippen molar-refractivity contribution in [1.29, 1.82) is 0 Å². The standard InChI is InChI=1S/C25H25N5O2/c1-17-3-4-18(13-19(17)14-23-25(31-2)27-8-7-26-23)24-21-6-5-20(15-22(21)28-16-29-24)30-9-11-32-12-10-30/h3-8,13,15-16H,9-12,14H2,1-2H3. The van der Waals surface area contributed by atoms with Crippen molar-refractivity contribution >= 4 is 16.6 Å². The molecule has 0 radical (unpaired) electrons. The zero-order valence-corrected chi connectivity index (χ0v) is 18.3. The monoisotopic (exact) mass is 427 g/mol. The molecule has 2 aromatic heterocycles. The Hall–Kier alpha value is -3.58. The van der Waals surface area contributed by atoms with Gasteiger partial charge in [0.05, 0.1) is 31.5 Å². The fraction of sp³-hybridized carbons (Fsp3) is 0.280. The first-order chi connectivity index (χ1) is 15.7. The number of aryl methyl sites for hydroxylation is 1. The third-order valence-corrected chi connectivity index (χ3v) is 5.91. The molecule has 0 atom stereocenters. The minimum absolute atomic E-state index is 0.556. The largest absolute Gasteiger partial charge is 0.480 e. The molecule has 0 unspecified atom stereocenters. The molecule has 2 aromatic carbocycles. The second kappa shape index (κ2) is 8.88. The summed E-state index contributed by atoms with van der Waals surface area (Å²) in [5.41, 5.74) is 7.27. The summed E-state index contributed by atoms with van der Waals surface area (Å²) in [7, 11) is 1.62. The SMILES string of the molecule is COc1nccnc1Cc1cc(-c2ncnc3cc(N4CCOCC4)ccc23)ccc1C. The summed E-state index contributed by atoms with van der Waals surface area (Å²) in [6, 6.07) is 12.8. The molecule has 0 amide bonds. The third kappa shape index (κ3) is 3.99. The minimum atomic E-state index is 0.556. The average Bonchev–Trinajstić information content (AvgIpc) is 2.85. The molecule has 7 nitrogen and oxygen atoms in total. The molecule has 7 heteroatoms. The molecular weight excluding hydrogens is 402 g/mol. The number of hydrogen-bond acceptors (Lipinski definition) is 7. The minimum Gasteiger partial charge on any atom is -0.480 e. The van der Waals surface area contributed by atoms with Crippen LogP contribution < -0.4 is 9.64 Å². The maximum Gasteiger partial charge on any atom is 0.235 e. The molecule has 0 saturated carbocycles. The second-order valence-electron chi connectivity index (χ2n) is 7.85. The highest BCUT2D eigenvalue weighted by Gasteiger charge is 2.15. The molecule has 0 spiro atoms. The molecule has 1 aliphatic heterocycles. The first kappa shape index (κ1) is 20.3. The van der Waals surface area contributed by atoms with Gasteiger partial charge in [0.25, 0.3) is 0 Å². The Balaban J connectivity index is 1.51. The molecule has 1 saturated heterocycles. The quantitative estimate of drug-likeness (QED) is 0.479. The Morgan fingerprint density at radius 2 is 1.81 bits per heavy atom. The third-order valence-electron chi connectivity index (χ3n) is 5.91. The van der Waals surface area contributed by atoms with Crippen LogP contribution in [0.2, 0.25) is 0 Å². The number of rotatable bonds is 5. The van der Waals surface area contributed by atoms with Crippen LogP contribution in [-0.4, -0.2) is 53.3 Å². The molecule has 0 N–H and O–H groups in total. The van der Waals surface area contributed by atoms with E-state index in [0.29, 0.717) is 12.3 Å². The van der Waals surface area contributed by atoms with Crippen LogP contribution in [0.1, 0.15) is 16.8 Å². The Kier molecular flexibility index (Phi) is 5.64. The van der Waals surface area contributed by atoms with Crippen LogP contribution in [0.15, 0.2) is 55.1 Å². The molecule has 32 heavy (non-hydrogen) atoms. The lowest BCUT2D eigenvalue weighted by atomic mass is 9.97. The Labute approximate surface area is 187 Å². The fourth-order valence-corrected chi connectivity index (χ4v) is 4.13. The Bertz CT molecular complexity index is 1250. The number of nitrogens with zero attached hydrogens (tertiary/aromatic N) is 5. The van der Waals surface area contributed by atoms with Gasteiger partial charge in [-0.1, -0.05) is 12.1 Å². The van der Waals surface area contributed by atoms with Crippen molar-refractivity contribution in [2.24, 2.45) is 0 Å². The van der Waals surface area contributed by atoms with Gasteiger partial charge in [-0.05, 0) is 42.3 Å². The summed E-state index contributed by atoms with van der Waals surface area (Å²) in [5, 5.41) is 1.04. The topological polar surface area (TPSA) is 73.3 Å².